The Labute approximate surface area is 125 Å². The molecule has 1 N–H and O–H groups in total. The molecule has 0 spiro atoms. The number of amides is 1. The number of halogens is 2. The molecule has 0 unspecified atom stereocenters. The Bertz CT molecular complexity index is 878. The summed E-state index contributed by atoms with van der Waals surface area (Å²) < 4.78 is 27.1. The van der Waals surface area contributed by atoms with Crippen LogP contribution in [0, 0.1) is 18.6 Å². The van der Waals surface area contributed by atoms with Crippen molar-refractivity contribution in [2.75, 3.05) is 5.32 Å². The van der Waals surface area contributed by atoms with Crippen LogP contribution >= 0.6 is 0 Å². The van der Waals surface area contributed by atoms with Gasteiger partial charge in [-0.05, 0) is 43.3 Å². The maximum absolute atomic E-state index is 13.6. The Morgan fingerprint density at radius 3 is 2.64 bits per heavy atom. The lowest BCUT2D eigenvalue weighted by molar-refractivity contribution is 0.102. The van der Waals surface area contributed by atoms with Crippen molar-refractivity contribution in [3.05, 3.63) is 71.4 Å². The first-order valence-corrected chi connectivity index (χ1v) is 6.67. The van der Waals surface area contributed by atoms with Crippen molar-refractivity contribution in [2.45, 2.75) is 6.92 Å². The normalized spacial score (nSPS) is 10.7. The molecule has 3 aromatic rings. The van der Waals surface area contributed by atoms with E-state index in [1.807, 2.05) is 0 Å². The smallest absolute Gasteiger partial charge is 0.256 e. The third kappa shape index (κ3) is 2.65. The van der Waals surface area contributed by atoms with Crippen LogP contribution in [-0.2, 0) is 0 Å². The van der Waals surface area contributed by atoms with Gasteiger partial charge in [0.15, 0.2) is 0 Å². The average Bonchev–Trinajstić information content (AvgIpc) is 2.49. The highest BCUT2D eigenvalue weighted by atomic mass is 19.1. The predicted molar refractivity (Wildman–Crippen MR) is 80.8 cm³/mol. The fraction of sp³-hybridized carbons (Fsp3) is 0.0588. The number of pyridine rings is 1. The highest BCUT2D eigenvalue weighted by Crippen LogP contribution is 2.22. The van der Waals surface area contributed by atoms with Gasteiger partial charge in [-0.2, -0.15) is 0 Å². The number of para-hydroxylation sites is 1. The third-order valence-electron chi connectivity index (χ3n) is 3.27. The number of anilines is 1. The van der Waals surface area contributed by atoms with Crippen molar-refractivity contribution < 1.29 is 13.6 Å². The van der Waals surface area contributed by atoms with E-state index in [9.17, 15) is 13.6 Å². The summed E-state index contributed by atoms with van der Waals surface area (Å²) in [5, 5.41) is 2.89. The molecule has 1 heterocycles. The van der Waals surface area contributed by atoms with Gasteiger partial charge in [0, 0.05) is 11.1 Å². The average molecular weight is 298 g/mol. The minimum Gasteiger partial charge on any atom is -0.319 e. The third-order valence-corrected chi connectivity index (χ3v) is 3.27. The van der Waals surface area contributed by atoms with Crippen LogP contribution in [0.3, 0.4) is 0 Å². The maximum Gasteiger partial charge on any atom is 0.256 e. The largest absolute Gasteiger partial charge is 0.319 e. The summed E-state index contributed by atoms with van der Waals surface area (Å²) >= 11 is 0. The van der Waals surface area contributed by atoms with E-state index in [0.717, 1.165) is 0 Å². The Hall–Kier alpha value is -2.82. The molecule has 0 bridgehead atoms. The Kier molecular flexibility index (Phi) is 3.55. The minimum atomic E-state index is -0.530. The van der Waals surface area contributed by atoms with Crippen LogP contribution in [0.1, 0.15) is 16.1 Å². The number of carbonyl (C=O) groups is 1. The van der Waals surface area contributed by atoms with Crippen LogP contribution in [0.5, 0.6) is 0 Å². The van der Waals surface area contributed by atoms with Crippen molar-refractivity contribution in [1.82, 2.24) is 4.98 Å². The summed E-state index contributed by atoms with van der Waals surface area (Å²) in [4.78, 5) is 16.7. The number of hydrogen-bond donors (Lipinski definition) is 1. The zero-order chi connectivity index (χ0) is 15.7. The molecule has 110 valence electrons. The standard InChI is InChI=1S/C17H12F2N2O/c1-10-8-13(12-9-11(18)6-7-15(12)20-10)17(22)21-16-5-3-2-4-14(16)19/h2-9H,1H3,(H,21,22). The Balaban J connectivity index is 2.07. The second kappa shape index (κ2) is 5.52. The predicted octanol–water partition coefficient (Wildman–Crippen LogP) is 4.07. The van der Waals surface area contributed by atoms with Crippen LogP contribution in [0.15, 0.2) is 48.5 Å². The van der Waals surface area contributed by atoms with Gasteiger partial charge in [-0.15, -0.1) is 0 Å². The number of hydrogen-bond acceptors (Lipinski definition) is 2. The van der Waals surface area contributed by atoms with Gasteiger partial charge in [0.2, 0.25) is 0 Å². The maximum atomic E-state index is 13.6. The van der Waals surface area contributed by atoms with Crippen LogP contribution in [-0.4, -0.2) is 10.9 Å². The molecule has 0 fully saturated rings. The van der Waals surface area contributed by atoms with Gasteiger partial charge < -0.3 is 5.32 Å². The van der Waals surface area contributed by atoms with Crippen LogP contribution in [0.2, 0.25) is 0 Å². The molecular formula is C17H12F2N2O. The number of nitrogens with one attached hydrogen (secondary N) is 1. The quantitative estimate of drug-likeness (QED) is 0.774. The first-order valence-electron chi connectivity index (χ1n) is 6.67. The van der Waals surface area contributed by atoms with E-state index < -0.39 is 17.5 Å². The summed E-state index contributed by atoms with van der Waals surface area (Å²) in [6.45, 7) is 1.74. The Morgan fingerprint density at radius 1 is 1.09 bits per heavy atom. The van der Waals surface area contributed by atoms with Gasteiger partial charge in [-0.25, -0.2) is 8.78 Å². The van der Waals surface area contributed by atoms with E-state index in [4.69, 9.17) is 0 Å². The van der Waals surface area contributed by atoms with Gasteiger partial charge in [0.25, 0.3) is 5.91 Å². The second-order valence-corrected chi connectivity index (χ2v) is 4.91. The number of carbonyl (C=O) groups excluding carboxylic acids is 1. The lowest BCUT2D eigenvalue weighted by Gasteiger charge is -2.09. The van der Waals surface area contributed by atoms with Gasteiger partial charge in [0.1, 0.15) is 11.6 Å². The molecule has 1 amide bonds. The summed E-state index contributed by atoms with van der Waals surface area (Å²) in [6.07, 6.45) is 0. The molecule has 1 aromatic heterocycles. The zero-order valence-corrected chi connectivity index (χ0v) is 11.7. The highest BCUT2D eigenvalue weighted by Gasteiger charge is 2.14. The van der Waals surface area contributed by atoms with Crippen LogP contribution in [0.25, 0.3) is 10.9 Å². The van der Waals surface area contributed by atoms with Gasteiger partial charge in [-0.1, -0.05) is 12.1 Å². The van der Waals surface area contributed by atoms with Gasteiger partial charge in [-0.3, -0.25) is 9.78 Å². The van der Waals surface area contributed by atoms with Crippen LogP contribution < -0.4 is 5.32 Å². The first kappa shape index (κ1) is 14.1. The highest BCUT2D eigenvalue weighted by molar-refractivity contribution is 6.12. The Morgan fingerprint density at radius 2 is 1.86 bits per heavy atom. The molecule has 3 rings (SSSR count). The monoisotopic (exact) mass is 298 g/mol. The molecule has 22 heavy (non-hydrogen) atoms. The second-order valence-electron chi connectivity index (χ2n) is 4.91. The van der Waals surface area contributed by atoms with E-state index in [-0.39, 0.29) is 11.3 Å². The molecule has 0 atom stereocenters. The lowest BCUT2D eigenvalue weighted by atomic mass is 10.1. The molecule has 0 aliphatic heterocycles. The van der Waals surface area contributed by atoms with E-state index in [1.165, 1.54) is 36.4 Å². The number of fused-ring (bicyclic) bond motifs is 1. The molecule has 0 aliphatic rings. The van der Waals surface area contributed by atoms with Crippen LogP contribution in [0.4, 0.5) is 14.5 Å². The van der Waals surface area contributed by atoms with E-state index in [0.29, 0.717) is 16.6 Å². The fourth-order valence-corrected chi connectivity index (χ4v) is 2.27. The number of rotatable bonds is 2. The fourth-order valence-electron chi connectivity index (χ4n) is 2.27. The summed E-state index contributed by atoms with van der Waals surface area (Å²) in [5.41, 5.74) is 1.47. The zero-order valence-electron chi connectivity index (χ0n) is 11.7. The summed E-state index contributed by atoms with van der Waals surface area (Å²) in [5.74, 6) is -1.50. The van der Waals surface area contributed by atoms with E-state index in [2.05, 4.69) is 10.3 Å². The van der Waals surface area contributed by atoms with Crippen molar-refractivity contribution in [1.29, 1.82) is 0 Å². The molecule has 0 aliphatic carbocycles. The molecule has 5 heteroatoms. The number of aryl methyl sites for hydroxylation is 1. The number of aromatic nitrogens is 1. The lowest BCUT2D eigenvalue weighted by Crippen LogP contribution is -2.14. The van der Waals surface area contributed by atoms with Gasteiger partial charge >= 0.3 is 0 Å². The van der Waals surface area contributed by atoms with Crippen molar-refractivity contribution in [3.63, 3.8) is 0 Å². The SMILES string of the molecule is Cc1cc(C(=O)Nc2ccccc2F)c2cc(F)ccc2n1. The molecule has 0 radical (unpaired) electrons. The van der Waals surface area contributed by atoms with E-state index >= 15 is 0 Å². The molecule has 3 nitrogen and oxygen atoms in total. The van der Waals surface area contributed by atoms with E-state index in [1.54, 1.807) is 19.1 Å². The van der Waals surface area contributed by atoms with Crippen molar-refractivity contribution in [2.24, 2.45) is 0 Å². The molecule has 0 saturated carbocycles. The van der Waals surface area contributed by atoms with Crippen molar-refractivity contribution >= 4 is 22.5 Å². The summed E-state index contributed by atoms with van der Waals surface area (Å²) in [6, 6.07) is 11.5. The minimum absolute atomic E-state index is 0.0755. The molecule has 0 saturated heterocycles. The topological polar surface area (TPSA) is 42.0 Å². The number of nitrogens with zero attached hydrogens (tertiary/aromatic N) is 1. The molecule has 2 aromatic carbocycles. The number of benzene rings is 2. The molecular weight excluding hydrogens is 286 g/mol. The van der Waals surface area contributed by atoms with Gasteiger partial charge in [0.05, 0.1) is 16.8 Å². The first-order chi connectivity index (χ1) is 10.5. The summed E-state index contributed by atoms with van der Waals surface area (Å²) in [7, 11) is 0. The van der Waals surface area contributed by atoms with Crippen molar-refractivity contribution in [3.8, 4) is 0 Å².